The number of rotatable bonds is 6. The van der Waals surface area contributed by atoms with Gasteiger partial charge in [-0.05, 0) is 6.92 Å². The molecule has 0 aliphatic carbocycles. The maximum Gasteiger partial charge on any atom is 0.223 e. The van der Waals surface area contributed by atoms with E-state index in [1.54, 1.807) is 6.92 Å². The van der Waals surface area contributed by atoms with Crippen LogP contribution in [0.2, 0.25) is 0 Å². The minimum Gasteiger partial charge on any atom is -0.392 e. The standard InChI is InChI=1S/C8H14N4O3S2/c1-5(8(9)16)17(13,14)10-4-3-7-11-6(2)15-12-7/h5,10H,3-4H2,1-2H3,(H2,9,16). The molecule has 0 bridgehead atoms. The fourth-order valence-corrected chi connectivity index (χ4v) is 2.35. The second-order valence-corrected chi connectivity index (χ2v) is 6.02. The Labute approximate surface area is 105 Å². The number of nitrogens with two attached hydrogens (primary N) is 1. The fourth-order valence-electron chi connectivity index (χ4n) is 1.03. The molecule has 0 saturated heterocycles. The van der Waals surface area contributed by atoms with Crippen LogP contribution < -0.4 is 10.5 Å². The van der Waals surface area contributed by atoms with Crippen molar-refractivity contribution in [1.29, 1.82) is 0 Å². The van der Waals surface area contributed by atoms with Gasteiger partial charge in [0, 0.05) is 19.9 Å². The largest absolute Gasteiger partial charge is 0.392 e. The molecule has 1 unspecified atom stereocenters. The summed E-state index contributed by atoms with van der Waals surface area (Å²) in [7, 11) is -3.53. The quantitative estimate of drug-likeness (QED) is 0.676. The predicted octanol–water partition coefficient (Wildman–Crippen LogP) is -0.485. The van der Waals surface area contributed by atoms with Gasteiger partial charge >= 0.3 is 0 Å². The van der Waals surface area contributed by atoms with E-state index in [-0.39, 0.29) is 11.5 Å². The van der Waals surface area contributed by atoms with Gasteiger partial charge < -0.3 is 10.3 Å². The van der Waals surface area contributed by atoms with Crippen molar-refractivity contribution in [2.75, 3.05) is 6.54 Å². The normalized spacial score (nSPS) is 13.5. The summed E-state index contributed by atoms with van der Waals surface area (Å²) in [6.07, 6.45) is 0.348. The molecule has 1 atom stereocenters. The van der Waals surface area contributed by atoms with E-state index in [1.807, 2.05) is 0 Å². The molecule has 0 fully saturated rings. The third-order valence-electron chi connectivity index (χ3n) is 2.09. The van der Waals surface area contributed by atoms with Gasteiger partial charge in [-0.3, -0.25) is 0 Å². The lowest BCUT2D eigenvalue weighted by Gasteiger charge is -2.11. The molecule has 1 aromatic heterocycles. The van der Waals surface area contributed by atoms with Crippen LogP contribution >= 0.6 is 12.2 Å². The zero-order chi connectivity index (χ0) is 13.1. The highest BCUT2D eigenvalue weighted by Gasteiger charge is 2.22. The number of nitrogens with one attached hydrogen (secondary N) is 1. The number of nitrogens with zero attached hydrogens (tertiary/aromatic N) is 2. The molecule has 0 amide bonds. The van der Waals surface area contributed by atoms with E-state index < -0.39 is 15.3 Å². The Morgan fingerprint density at radius 3 is 2.76 bits per heavy atom. The summed E-state index contributed by atoms with van der Waals surface area (Å²) in [5.41, 5.74) is 5.28. The van der Waals surface area contributed by atoms with Crippen LogP contribution in [0.15, 0.2) is 4.52 Å². The van der Waals surface area contributed by atoms with Crippen LogP contribution in [0.25, 0.3) is 0 Å². The molecule has 0 radical (unpaired) electrons. The van der Waals surface area contributed by atoms with Crippen LogP contribution in [0.3, 0.4) is 0 Å². The second kappa shape index (κ2) is 5.52. The predicted molar refractivity (Wildman–Crippen MR) is 65.9 cm³/mol. The molecule has 0 aliphatic rings. The number of hydrogen-bond donors (Lipinski definition) is 2. The Hall–Kier alpha value is -1.06. The van der Waals surface area contributed by atoms with Gasteiger partial charge in [0.2, 0.25) is 15.9 Å². The number of aromatic nitrogens is 2. The first-order valence-corrected chi connectivity index (χ1v) is 6.85. The van der Waals surface area contributed by atoms with Crippen molar-refractivity contribution >= 4 is 27.2 Å². The first-order chi connectivity index (χ1) is 7.83. The maximum atomic E-state index is 11.6. The highest BCUT2D eigenvalue weighted by molar-refractivity contribution is 7.93. The van der Waals surface area contributed by atoms with Gasteiger partial charge in [0.1, 0.15) is 5.25 Å². The lowest BCUT2D eigenvalue weighted by atomic mass is 10.4. The monoisotopic (exact) mass is 278 g/mol. The van der Waals surface area contributed by atoms with Crippen LogP contribution in [0.4, 0.5) is 0 Å². The summed E-state index contributed by atoms with van der Waals surface area (Å²) >= 11 is 4.63. The van der Waals surface area contributed by atoms with Gasteiger partial charge in [-0.15, -0.1) is 0 Å². The molecule has 0 spiro atoms. The van der Waals surface area contributed by atoms with E-state index in [1.165, 1.54) is 6.92 Å². The third-order valence-corrected chi connectivity index (χ3v) is 4.38. The molecule has 1 rings (SSSR count). The zero-order valence-corrected chi connectivity index (χ0v) is 11.1. The van der Waals surface area contributed by atoms with Gasteiger partial charge in [-0.2, -0.15) is 4.98 Å². The summed E-state index contributed by atoms with van der Waals surface area (Å²) in [4.78, 5) is 3.89. The van der Waals surface area contributed by atoms with Gasteiger partial charge in [0.25, 0.3) is 0 Å². The van der Waals surface area contributed by atoms with Crippen molar-refractivity contribution in [3.8, 4) is 0 Å². The summed E-state index contributed by atoms with van der Waals surface area (Å²) in [5.74, 6) is 0.896. The molecule has 17 heavy (non-hydrogen) atoms. The van der Waals surface area contributed by atoms with E-state index in [9.17, 15) is 8.42 Å². The molecule has 1 heterocycles. The van der Waals surface area contributed by atoms with E-state index in [2.05, 4.69) is 27.1 Å². The number of aryl methyl sites for hydroxylation is 1. The molecule has 0 aliphatic heterocycles. The molecular formula is C8H14N4O3S2. The van der Waals surface area contributed by atoms with Crippen molar-refractivity contribution in [3.63, 3.8) is 0 Å². The third kappa shape index (κ3) is 4.02. The number of thiocarbonyl (C=S) groups is 1. The minimum absolute atomic E-state index is 0.0621. The van der Waals surface area contributed by atoms with Crippen molar-refractivity contribution in [2.24, 2.45) is 5.73 Å². The smallest absolute Gasteiger partial charge is 0.223 e. The topological polar surface area (TPSA) is 111 Å². The summed E-state index contributed by atoms with van der Waals surface area (Å²) in [6.45, 7) is 3.27. The summed E-state index contributed by atoms with van der Waals surface area (Å²) in [5, 5.41) is 2.75. The van der Waals surface area contributed by atoms with Gasteiger partial charge in [-0.1, -0.05) is 17.4 Å². The second-order valence-electron chi connectivity index (χ2n) is 3.46. The summed E-state index contributed by atoms with van der Waals surface area (Å²) < 4.78 is 30.4. The summed E-state index contributed by atoms with van der Waals surface area (Å²) in [6, 6.07) is 0. The lowest BCUT2D eigenvalue weighted by Crippen LogP contribution is -2.40. The highest BCUT2D eigenvalue weighted by atomic mass is 32.2. The van der Waals surface area contributed by atoms with Crippen molar-refractivity contribution in [1.82, 2.24) is 14.9 Å². The van der Waals surface area contributed by atoms with E-state index in [0.29, 0.717) is 18.1 Å². The van der Waals surface area contributed by atoms with Crippen LogP contribution in [-0.4, -0.2) is 35.3 Å². The Kier molecular flexibility index (Phi) is 4.54. The van der Waals surface area contributed by atoms with Gasteiger partial charge in [0.05, 0.1) is 4.99 Å². The minimum atomic E-state index is -3.53. The first kappa shape index (κ1) is 14.0. The zero-order valence-electron chi connectivity index (χ0n) is 9.50. The number of sulfonamides is 1. The van der Waals surface area contributed by atoms with Crippen LogP contribution in [0, 0.1) is 6.92 Å². The molecule has 9 heteroatoms. The van der Waals surface area contributed by atoms with E-state index in [4.69, 9.17) is 10.3 Å². The fraction of sp³-hybridized carbons (Fsp3) is 0.625. The Morgan fingerprint density at radius 1 is 1.65 bits per heavy atom. The average Bonchev–Trinajstić information content (AvgIpc) is 2.62. The SMILES string of the molecule is Cc1nc(CCNS(=O)(=O)C(C)C(N)=S)no1. The van der Waals surface area contributed by atoms with Crippen molar-refractivity contribution < 1.29 is 12.9 Å². The highest BCUT2D eigenvalue weighted by Crippen LogP contribution is 2.00. The molecule has 1 aromatic rings. The van der Waals surface area contributed by atoms with Crippen molar-refractivity contribution in [2.45, 2.75) is 25.5 Å². The first-order valence-electron chi connectivity index (χ1n) is 4.90. The lowest BCUT2D eigenvalue weighted by molar-refractivity contribution is 0.387. The van der Waals surface area contributed by atoms with Crippen LogP contribution in [0.1, 0.15) is 18.6 Å². The number of hydrogen-bond acceptors (Lipinski definition) is 6. The Morgan fingerprint density at radius 2 is 2.29 bits per heavy atom. The maximum absolute atomic E-state index is 11.6. The van der Waals surface area contributed by atoms with Gasteiger partial charge in [-0.25, -0.2) is 13.1 Å². The average molecular weight is 278 g/mol. The molecule has 0 aromatic carbocycles. The van der Waals surface area contributed by atoms with E-state index in [0.717, 1.165) is 0 Å². The van der Waals surface area contributed by atoms with Crippen LogP contribution in [0.5, 0.6) is 0 Å². The molecule has 3 N–H and O–H groups in total. The van der Waals surface area contributed by atoms with Crippen LogP contribution in [-0.2, 0) is 16.4 Å². The molecule has 7 nitrogen and oxygen atoms in total. The molecule has 96 valence electrons. The Balaban J connectivity index is 2.48. The van der Waals surface area contributed by atoms with E-state index >= 15 is 0 Å². The molecule has 0 saturated carbocycles. The Bertz CT molecular complexity index is 497. The van der Waals surface area contributed by atoms with Crippen molar-refractivity contribution in [3.05, 3.63) is 11.7 Å². The molecular weight excluding hydrogens is 264 g/mol. The van der Waals surface area contributed by atoms with Gasteiger partial charge in [0.15, 0.2) is 5.82 Å².